The van der Waals surface area contributed by atoms with Crippen LogP contribution in [0.5, 0.6) is 5.75 Å². The molecule has 0 fully saturated rings. The molecule has 0 bridgehead atoms. The summed E-state index contributed by atoms with van der Waals surface area (Å²) in [7, 11) is 1.53. The molecule has 0 aliphatic heterocycles. The molecular formula is C21H17ClF2N4O3S. The van der Waals surface area contributed by atoms with Crippen LogP contribution in [0.15, 0.2) is 48.1 Å². The van der Waals surface area contributed by atoms with E-state index in [2.05, 4.69) is 16.6 Å². The van der Waals surface area contributed by atoms with Crippen LogP contribution in [0, 0.1) is 11.6 Å². The van der Waals surface area contributed by atoms with Gasteiger partial charge in [-0.2, -0.15) is 0 Å². The van der Waals surface area contributed by atoms with Crippen molar-refractivity contribution in [2.24, 2.45) is 4.99 Å². The fourth-order valence-electron chi connectivity index (χ4n) is 2.66. The van der Waals surface area contributed by atoms with Crippen molar-refractivity contribution in [2.75, 3.05) is 13.6 Å². The first-order valence-corrected chi connectivity index (χ1v) is 10.3. The summed E-state index contributed by atoms with van der Waals surface area (Å²) in [5.74, 6) is -4.70. The normalized spacial score (nSPS) is 11.0. The highest BCUT2D eigenvalue weighted by Crippen LogP contribution is 2.28. The number of imide groups is 1. The van der Waals surface area contributed by atoms with Gasteiger partial charge in [-0.1, -0.05) is 18.2 Å². The lowest BCUT2D eigenvalue weighted by Gasteiger charge is -2.13. The van der Waals surface area contributed by atoms with Crippen molar-refractivity contribution >= 4 is 51.3 Å². The Bertz CT molecular complexity index is 1220. The van der Waals surface area contributed by atoms with Gasteiger partial charge in [-0.05, 0) is 30.3 Å². The monoisotopic (exact) mass is 478 g/mol. The maximum atomic E-state index is 14.8. The summed E-state index contributed by atoms with van der Waals surface area (Å²) in [6.07, 6.45) is 2.57. The van der Waals surface area contributed by atoms with Crippen molar-refractivity contribution in [3.8, 4) is 5.75 Å². The van der Waals surface area contributed by atoms with Gasteiger partial charge >= 0.3 is 0 Å². The molecular weight excluding hydrogens is 462 g/mol. The third kappa shape index (κ3) is 5.65. The van der Waals surface area contributed by atoms with Gasteiger partial charge < -0.3 is 9.64 Å². The Kier molecular flexibility index (Phi) is 7.49. The maximum absolute atomic E-state index is 14.8. The van der Waals surface area contributed by atoms with Gasteiger partial charge in [0.15, 0.2) is 11.6 Å². The summed E-state index contributed by atoms with van der Waals surface area (Å²) in [5, 5.41) is 3.01. The first-order valence-electron chi connectivity index (χ1n) is 9.13. The molecule has 11 heteroatoms. The molecule has 0 atom stereocenters. The van der Waals surface area contributed by atoms with Crippen molar-refractivity contribution in [2.45, 2.75) is 6.61 Å². The number of fused-ring (bicyclic) bond motifs is 1. The third-order valence-corrected chi connectivity index (χ3v) is 5.29. The van der Waals surface area contributed by atoms with E-state index in [1.807, 2.05) is 5.32 Å². The van der Waals surface area contributed by atoms with Crippen LogP contribution < -0.4 is 10.1 Å². The summed E-state index contributed by atoms with van der Waals surface area (Å²) < 4.78 is 35.3. The Labute approximate surface area is 191 Å². The van der Waals surface area contributed by atoms with Gasteiger partial charge in [0.05, 0.1) is 23.1 Å². The first kappa shape index (κ1) is 23.3. The van der Waals surface area contributed by atoms with Crippen molar-refractivity contribution in [3.63, 3.8) is 0 Å². The second-order valence-corrected chi connectivity index (χ2v) is 8.03. The molecule has 0 saturated carbocycles. The van der Waals surface area contributed by atoms with E-state index >= 15 is 0 Å². The smallest absolute Gasteiger partial charge is 0.264 e. The van der Waals surface area contributed by atoms with Crippen LogP contribution in [0.3, 0.4) is 0 Å². The van der Waals surface area contributed by atoms with Crippen LogP contribution in [0.1, 0.15) is 15.4 Å². The van der Waals surface area contributed by atoms with Gasteiger partial charge in [-0.25, -0.2) is 18.8 Å². The molecule has 1 N–H and O–H groups in total. The fourth-order valence-corrected chi connectivity index (χ4v) is 3.69. The lowest BCUT2D eigenvalue weighted by Crippen LogP contribution is -2.38. The third-order valence-electron chi connectivity index (χ3n) is 4.04. The molecule has 7 nitrogen and oxygen atoms in total. The molecule has 3 aromatic rings. The predicted octanol–water partition coefficient (Wildman–Crippen LogP) is 4.17. The highest BCUT2D eigenvalue weighted by atomic mass is 35.5. The van der Waals surface area contributed by atoms with Crippen LogP contribution in [0.2, 0.25) is 5.02 Å². The number of likely N-dealkylation sites (N-methyl/N-ethyl adjacent to an activating group) is 1. The zero-order chi connectivity index (χ0) is 23.3. The molecule has 0 aliphatic rings. The lowest BCUT2D eigenvalue weighted by atomic mass is 10.1. The molecule has 0 aliphatic carbocycles. The Morgan fingerprint density at radius 3 is 2.88 bits per heavy atom. The van der Waals surface area contributed by atoms with E-state index < -0.39 is 29.0 Å². The average molecular weight is 479 g/mol. The van der Waals surface area contributed by atoms with Crippen molar-refractivity contribution in [3.05, 3.63) is 70.3 Å². The SMILES string of the molecule is C=CN=CN(C)CC(=O)NC(=O)c1c(F)ccc(OCc2nc3cc(Cl)ccc3s2)c1F. The molecule has 0 unspecified atom stereocenters. The molecule has 1 heterocycles. The fraction of sp³-hybridized carbons (Fsp3) is 0.143. The minimum atomic E-state index is -1.22. The number of hydrogen-bond donors (Lipinski definition) is 1. The van der Waals surface area contributed by atoms with Gasteiger partial charge in [-0.15, -0.1) is 11.3 Å². The number of aliphatic imine (C=N–C) groups is 1. The molecule has 0 spiro atoms. The van der Waals surface area contributed by atoms with E-state index in [9.17, 15) is 18.4 Å². The molecule has 1 aromatic heterocycles. The van der Waals surface area contributed by atoms with E-state index in [0.717, 1.165) is 16.8 Å². The number of amides is 2. The Hall–Kier alpha value is -3.37. The number of carbonyl (C=O) groups excluding carboxylic acids is 2. The minimum Gasteiger partial charge on any atom is -0.483 e. The second-order valence-electron chi connectivity index (χ2n) is 6.48. The number of nitrogens with zero attached hydrogens (tertiary/aromatic N) is 3. The van der Waals surface area contributed by atoms with Gasteiger partial charge in [-0.3, -0.25) is 14.9 Å². The highest BCUT2D eigenvalue weighted by molar-refractivity contribution is 7.18. The second kappa shape index (κ2) is 10.3. The lowest BCUT2D eigenvalue weighted by molar-refractivity contribution is -0.120. The van der Waals surface area contributed by atoms with Crippen LogP contribution in [0.4, 0.5) is 8.78 Å². The van der Waals surface area contributed by atoms with E-state index in [1.54, 1.807) is 18.2 Å². The minimum absolute atomic E-state index is 0.104. The van der Waals surface area contributed by atoms with Gasteiger partial charge in [0.25, 0.3) is 5.91 Å². The Morgan fingerprint density at radius 1 is 1.34 bits per heavy atom. The van der Waals surface area contributed by atoms with E-state index in [0.29, 0.717) is 15.5 Å². The number of aromatic nitrogens is 1. The summed E-state index contributed by atoms with van der Waals surface area (Å²) in [6.45, 7) is 3.03. The van der Waals surface area contributed by atoms with Gasteiger partial charge in [0, 0.05) is 18.3 Å². The summed E-state index contributed by atoms with van der Waals surface area (Å²) in [4.78, 5) is 33.7. The standard InChI is InChI=1S/C21H17ClF2N4O3S/c1-3-25-11-28(2)9-17(29)27-21(30)19-13(23)5-6-15(20(19)24)31-10-18-26-14-8-12(22)4-7-16(14)32-18/h3-8,11H,1,9-10H2,2H3,(H,27,29,30). The van der Waals surface area contributed by atoms with Crippen molar-refractivity contribution in [1.82, 2.24) is 15.2 Å². The van der Waals surface area contributed by atoms with Gasteiger partial charge in [0.2, 0.25) is 5.91 Å². The van der Waals surface area contributed by atoms with Crippen LogP contribution in [-0.4, -0.2) is 41.6 Å². The van der Waals surface area contributed by atoms with E-state index in [4.69, 9.17) is 16.3 Å². The van der Waals surface area contributed by atoms with Crippen LogP contribution in [-0.2, 0) is 11.4 Å². The molecule has 2 amide bonds. The zero-order valence-corrected chi connectivity index (χ0v) is 18.3. The molecule has 166 valence electrons. The number of halogens is 3. The molecule has 0 radical (unpaired) electrons. The Morgan fingerprint density at radius 2 is 2.12 bits per heavy atom. The predicted molar refractivity (Wildman–Crippen MR) is 119 cm³/mol. The Balaban J connectivity index is 1.71. The maximum Gasteiger partial charge on any atom is 0.264 e. The van der Waals surface area contributed by atoms with E-state index in [1.165, 1.54) is 35.8 Å². The number of rotatable bonds is 8. The topological polar surface area (TPSA) is 83.9 Å². The van der Waals surface area contributed by atoms with E-state index in [-0.39, 0.29) is 18.9 Å². The average Bonchev–Trinajstić information content (AvgIpc) is 3.13. The quantitative estimate of drug-likeness (QED) is 0.388. The number of nitrogens with one attached hydrogen (secondary N) is 1. The molecule has 2 aromatic carbocycles. The number of carbonyl (C=O) groups is 2. The highest BCUT2D eigenvalue weighted by Gasteiger charge is 2.23. The van der Waals surface area contributed by atoms with Gasteiger partial charge in [0.1, 0.15) is 23.0 Å². The number of thiazole rings is 1. The zero-order valence-electron chi connectivity index (χ0n) is 16.8. The first-order chi connectivity index (χ1) is 15.3. The summed E-state index contributed by atoms with van der Waals surface area (Å²) in [5.41, 5.74) is -0.253. The molecule has 32 heavy (non-hydrogen) atoms. The molecule has 3 rings (SSSR count). The van der Waals surface area contributed by atoms with Crippen LogP contribution >= 0.6 is 22.9 Å². The number of ether oxygens (including phenoxy) is 1. The number of hydrogen-bond acceptors (Lipinski definition) is 6. The van der Waals surface area contributed by atoms with Crippen molar-refractivity contribution < 1.29 is 23.1 Å². The van der Waals surface area contributed by atoms with Crippen LogP contribution in [0.25, 0.3) is 10.2 Å². The van der Waals surface area contributed by atoms with Crippen molar-refractivity contribution in [1.29, 1.82) is 0 Å². The molecule has 0 saturated heterocycles. The summed E-state index contributed by atoms with van der Waals surface area (Å²) in [6, 6.07) is 7.17. The number of benzene rings is 2. The summed E-state index contributed by atoms with van der Waals surface area (Å²) >= 11 is 7.27. The largest absolute Gasteiger partial charge is 0.483 e.